The first-order chi connectivity index (χ1) is 16.5. The predicted molar refractivity (Wildman–Crippen MR) is 142 cm³/mol. The number of phenols is 1. The largest absolute Gasteiger partial charge is 0.508 e. The van der Waals surface area contributed by atoms with Crippen molar-refractivity contribution in [2.24, 2.45) is 0 Å². The molecule has 6 rings (SSSR count). The molecule has 1 N–H and O–H groups in total. The summed E-state index contributed by atoms with van der Waals surface area (Å²) in [5, 5.41) is 12.6. The molecule has 0 spiro atoms. The van der Waals surface area contributed by atoms with Crippen molar-refractivity contribution in [2.75, 3.05) is 0 Å². The number of phenolic OH excluding ortho intramolecular Hbond substituents is 1. The highest BCUT2D eigenvalue weighted by molar-refractivity contribution is 5.96. The molecule has 0 bridgehead atoms. The third-order valence-electron chi connectivity index (χ3n) is 7.39. The molecule has 0 radical (unpaired) electrons. The molecule has 1 aliphatic rings. The van der Waals surface area contributed by atoms with Crippen LogP contribution < -0.4 is 0 Å². The van der Waals surface area contributed by atoms with E-state index in [-0.39, 0.29) is 0 Å². The second-order valence-electron chi connectivity index (χ2n) is 9.70. The lowest BCUT2D eigenvalue weighted by molar-refractivity contribution is 0.476. The number of hydrogen-bond donors (Lipinski definition) is 1. The highest BCUT2D eigenvalue weighted by Crippen LogP contribution is 2.47. The molecule has 0 saturated heterocycles. The molecule has 34 heavy (non-hydrogen) atoms. The molecule has 0 unspecified atom stereocenters. The zero-order valence-corrected chi connectivity index (χ0v) is 20.0. The molecular formula is C32H29NO. The predicted octanol–water partition coefficient (Wildman–Crippen LogP) is 8.20. The number of benzene rings is 4. The number of fused-ring (bicyclic) bond motifs is 4. The molecule has 0 aliphatic heterocycles. The maximum Gasteiger partial charge on any atom is 0.116 e. The van der Waals surface area contributed by atoms with Gasteiger partial charge in [0.05, 0.1) is 11.4 Å². The second-order valence-corrected chi connectivity index (χ2v) is 9.70. The van der Waals surface area contributed by atoms with E-state index in [1.165, 1.54) is 44.8 Å². The standard InChI is InChI=1S/C32H29NO/c1-20(2)25-11-6-7-13-28(25)32-31-26(18-16-22-9-4-5-12-27(22)31)21(3)33(32)30-14-8-10-23-15-17-24(34)19-29(23)30/h4-15,17,19-20,34H,16,18H2,1-3H3. The van der Waals surface area contributed by atoms with E-state index in [9.17, 15) is 5.11 Å². The summed E-state index contributed by atoms with van der Waals surface area (Å²) >= 11 is 0. The molecule has 0 atom stereocenters. The van der Waals surface area contributed by atoms with Gasteiger partial charge in [0.15, 0.2) is 0 Å². The summed E-state index contributed by atoms with van der Waals surface area (Å²) in [6, 6.07) is 29.8. The van der Waals surface area contributed by atoms with Crippen molar-refractivity contribution < 1.29 is 5.11 Å². The fourth-order valence-corrected chi connectivity index (χ4v) is 5.79. The van der Waals surface area contributed by atoms with Gasteiger partial charge in [0.1, 0.15) is 5.75 Å². The summed E-state index contributed by atoms with van der Waals surface area (Å²) in [5.74, 6) is 0.704. The van der Waals surface area contributed by atoms with E-state index < -0.39 is 0 Å². The van der Waals surface area contributed by atoms with Crippen molar-refractivity contribution in [1.29, 1.82) is 0 Å². The average molecular weight is 444 g/mol. The van der Waals surface area contributed by atoms with Gasteiger partial charge in [-0.3, -0.25) is 0 Å². The summed E-state index contributed by atoms with van der Waals surface area (Å²) in [7, 11) is 0. The molecule has 1 aliphatic carbocycles. The zero-order valence-electron chi connectivity index (χ0n) is 20.0. The summed E-state index contributed by atoms with van der Waals surface area (Å²) < 4.78 is 2.45. The van der Waals surface area contributed by atoms with Gasteiger partial charge < -0.3 is 9.67 Å². The SMILES string of the molecule is Cc1c2c(c(-c3ccccc3C(C)C)n1-c1cccc3ccc(O)cc13)-c1ccccc1CC2. The van der Waals surface area contributed by atoms with Gasteiger partial charge in [0.25, 0.3) is 0 Å². The van der Waals surface area contributed by atoms with Crippen LogP contribution in [-0.4, -0.2) is 9.67 Å². The van der Waals surface area contributed by atoms with Crippen LogP contribution in [0.4, 0.5) is 0 Å². The van der Waals surface area contributed by atoms with Crippen LogP contribution in [0.3, 0.4) is 0 Å². The Labute approximate surface area is 201 Å². The van der Waals surface area contributed by atoms with E-state index >= 15 is 0 Å². The van der Waals surface area contributed by atoms with Gasteiger partial charge in [-0.1, -0.05) is 80.6 Å². The van der Waals surface area contributed by atoms with Crippen molar-refractivity contribution >= 4 is 10.8 Å². The van der Waals surface area contributed by atoms with Gasteiger partial charge in [-0.2, -0.15) is 0 Å². The lowest BCUT2D eigenvalue weighted by atomic mass is 9.83. The minimum absolute atomic E-state index is 0.295. The Morgan fingerprint density at radius 2 is 1.56 bits per heavy atom. The summed E-state index contributed by atoms with van der Waals surface area (Å²) in [6.07, 6.45) is 2.10. The number of rotatable bonds is 3. The van der Waals surface area contributed by atoms with Crippen LogP contribution in [0.1, 0.15) is 42.1 Å². The fraction of sp³-hybridized carbons (Fsp3) is 0.188. The van der Waals surface area contributed by atoms with Crippen LogP contribution in [-0.2, 0) is 12.8 Å². The van der Waals surface area contributed by atoms with E-state index in [1.54, 1.807) is 6.07 Å². The number of aromatic nitrogens is 1. The van der Waals surface area contributed by atoms with Gasteiger partial charge >= 0.3 is 0 Å². The zero-order chi connectivity index (χ0) is 23.4. The van der Waals surface area contributed by atoms with E-state index in [0.29, 0.717) is 11.7 Å². The van der Waals surface area contributed by atoms with Gasteiger partial charge in [-0.05, 0) is 71.5 Å². The highest BCUT2D eigenvalue weighted by atomic mass is 16.3. The quantitative estimate of drug-likeness (QED) is 0.299. The van der Waals surface area contributed by atoms with Crippen molar-refractivity contribution in [1.82, 2.24) is 4.57 Å². The Morgan fingerprint density at radius 3 is 2.38 bits per heavy atom. The number of aryl methyl sites for hydroxylation is 1. The molecule has 0 amide bonds. The lowest BCUT2D eigenvalue weighted by Gasteiger charge is -2.21. The van der Waals surface area contributed by atoms with Gasteiger partial charge in [-0.15, -0.1) is 0 Å². The number of nitrogens with zero attached hydrogens (tertiary/aromatic N) is 1. The first kappa shape index (κ1) is 20.8. The summed E-state index contributed by atoms with van der Waals surface area (Å²) in [6.45, 7) is 6.81. The summed E-state index contributed by atoms with van der Waals surface area (Å²) in [4.78, 5) is 0. The van der Waals surface area contributed by atoms with Crippen molar-refractivity contribution in [2.45, 2.75) is 39.5 Å². The molecule has 1 heterocycles. The number of aromatic hydroxyl groups is 1. The molecule has 168 valence electrons. The van der Waals surface area contributed by atoms with E-state index in [1.807, 2.05) is 12.1 Å². The third-order valence-corrected chi connectivity index (χ3v) is 7.39. The van der Waals surface area contributed by atoms with Gasteiger partial charge in [0.2, 0.25) is 0 Å². The van der Waals surface area contributed by atoms with Crippen molar-refractivity contribution in [3.8, 4) is 33.8 Å². The Balaban J connectivity index is 1.79. The highest BCUT2D eigenvalue weighted by Gasteiger charge is 2.29. The molecule has 0 fully saturated rings. The minimum atomic E-state index is 0.295. The fourth-order valence-electron chi connectivity index (χ4n) is 5.79. The van der Waals surface area contributed by atoms with Gasteiger partial charge in [-0.25, -0.2) is 0 Å². The Morgan fingerprint density at radius 1 is 0.794 bits per heavy atom. The Bertz CT molecular complexity index is 1550. The van der Waals surface area contributed by atoms with E-state index in [0.717, 1.165) is 29.3 Å². The maximum atomic E-state index is 10.4. The second kappa shape index (κ2) is 7.92. The van der Waals surface area contributed by atoms with Crippen molar-refractivity contribution in [3.05, 3.63) is 107 Å². The lowest BCUT2D eigenvalue weighted by Crippen LogP contribution is -2.03. The van der Waals surface area contributed by atoms with Crippen LogP contribution in [0.5, 0.6) is 5.75 Å². The maximum absolute atomic E-state index is 10.4. The molecular weight excluding hydrogens is 414 g/mol. The third kappa shape index (κ3) is 3.09. The van der Waals surface area contributed by atoms with E-state index in [2.05, 4.69) is 92.1 Å². The molecule has 2 heteroatoms. The van der Waals surface area contributed by atoms with Crippen LogP contribution in [0.2, 0.25) is 0 Å². The molecule has 0 saturated carbocycles. The Kier molecular flexibility index (Phi) is 4.84. The van der Waals surface area contributed by atoms with Crippen LogP contribution >= 0.6 is 0 Å². The monoisotopic (exact) mass is 443 g/mol. The number of hydrogen-bond acceptors (Lipinski definition) is 1. The molecule has 2 nitrogen and oxygen atoms in total. The van der Waals surface area contributed by atoms with Crippen LogP contribution in [0, 0.1) is 6.92 Å². The normalized spacial score (nSPS) is 12.7. The first-order valence-electron chi connectivity index (χ1n) is 12.2. The smallest absolute Gasteiger partial charge is 0.116 e. The van der Waals surface area contributed by atoms with Crippen LogP contribution in [0.15, 0.2) is 84.9 Å². The minimum Gasteiger partial charge on any atom is -0.508 e. The van der Waals surface area contributed by atoms with E-state index in [4.69, 9.17) is 0 Å². The topological polar surface area (TPSA) is 25.2 Å². The van der Waals surface area contributed by atoms with Crippen LogP contribution in [0.25, 0.3) is 38.8 Å². The molecule has 4 aromatic carbocycles. The van der Waals surface area contributed by atoms with Gasteiger partial charge in [0, 0.05) is 22.2 Å². The molecule has 1 aromatic heterocycles. The average Bonchev–Trinajstić information content (AvgIpc) is 3.16. The summed E-state index contributed by atoms with van der Waals surface area (Å²) in [5.41, 5.74) is 11.9. The molecule has 5 aromatic rings. The Hall–Kier alpha value is -3.78. The van der Waals surface area contributed by atoms with Crippen molar-refractivity contribution in [3.63, 3.8) is 0 Å². The first-order valence-corrected chi connectivity index (χ1v) is 12.2.